The zero-order valence-electron chi connectivity index (χ0n) is 21.2. The number of anilines is 2. The molecular weight excluding hydrogens is 478 g/mol. The van der Waals surface area contributed by atoms with E-state index in [9.17, 15) is 19.2 Å². The summed E-state index contributed by atoms with van der Waals surface area (Å²) >= 11 is 0. The molecule has 188 valence electrons. The van der Waals surface area contributed by atoms with Gasteiger partial charge in [0, 0.05) is 27.9 Å². The maximum Gasteiger partial charge on any atom is 0.280 e. The number of benzene rings is 4. The zero-order chi connectivity index (χ0) is 26.7. The molecular formula is C31H25N3O4. The molecule has 4 amide bonds. The lowest BCUT2D eigenvalue weighted by molar-refractivity contribution is 0.0508. The minimum atomic E-state index is -0.531. The lowest BCUT2D eigenvalue weighted by Gasteiger charge is -2.39. The summed E-state index contributed by atoms with van der Waals surface area (Å²) in [5, 5.41) is 3.44. The van der Waals surface area contributed by atoms with Crippen LogP contribution >= 0.6 is 0 Å². The summed E-state index contributed by atoms with van der Waals surface area (Å²) in [6, 6.07) is 24.4. The highest BCUT2D eigenvalue weighted by atomic mass is 16.2. The summed E-state index contributed by atoms with van der Waals surface area (Å²) in [5.41, 5.74) is 2.46. The van der Waals surface area contributed by atoms with Gasteiger partial charge in [-0.3, -0.25) is 24.1 Å². The maximum absolute atomic E-state index is 14.0. The van der Waals surface area contributed by atoms with E-state index in [1.807, 2.05) is 81.4 Å². The number of hydrogen-bond donors (Lipinski definition) is 0. The Labute approximate surface area is 219 Å². The largest absolute Gasteiger partial charge is 0.280 e. The molecule has 2 heterocycles. The molecule has 0 saturated carbocycles. The van der Waals surface area contributed by atoms with Gasteiger partial charge in [-0.15, -0.1) is 0 Å². The van der Waals surface area contributed by atoms with Gasteiger partial charge in [0.15, 0.2) is 0 Å². The Bertz CT molecular complexity index is 1540. The third-order valence-corrected chi connectivity index (χ3v) is 7.48. The standard InChI is InChI=1S/C31H25N3O4/c1-18(2)19(3)32-28(35)22-14-16-24-27-25(17-15-23(26(22)27)29(32)36)31(38)34(30(24)37)33(20-10-6-4-7-11-20)21-12-8-5-9-13-21/h4-19H,1-3H3. The Hall–Kier alpha value is -4.78. The van der Waals surface area contributed by atoms with Crippen LogP contribution in [0.25, 0.3) is 10.8 Å². The van der Waals surface area contributed by atoms with E-state index >= 15 is 0 Å². The van der Waals surface area contributed by atoms with Crippen LogP contribution in [0.5, 0.6) is 0 Å². The fourth-order valence-electron chi connectivity index (χ4n) is 5.25. The van der Waals surface area contributed by atoms with Crippen molar-refractivity contribution in [1.82, 2.24) is 9.91 Å². The number of amides is 4. The fraction of sp³-hybridized carbons (Fsp3) is 0.161. The van der Waals surface area contributed by atoms with Crippen molar-refractivity contribution in [2.24, 2.45) is 5.92 Å². The molecule has 2 aliphatic heterocycles. The van der Waals surface area contributed by atoms with Crippen molar-refractivity contribution >= 4 is 45.8 Å². The number of nitrogens with zero attached hydrogens (tertiary/aromatic N) is 3. The van der Waals surface area contributed by atoms with Crippen molar-refractivity contribution in [2.45, 2.75) is 26.8 Å². The van der Waals surface area contributed by atoms with Gasteiger partial charge in [0.05, 0.1) is 22.5 Å². The number of para-hydroxylation sites is 2. The van der Waals surface area contributed by atoms with E-state index < -0.39 is 23.6 Å². The van der Waals surface area contributed by atoms with Crippen molar-refractivity contribution in [3.05, 3.63) is 107 Å². The highest BCUT2D eigenvalue weighted by Gasteiger charge is 2.43. The third-order valence-electron chi connectivity index (χ3n) is 7.48. The number of hydrogen-bond acceptors (Lipinski definition) is 5. The van der Waals surface area contributed by atoms with Gasteiger partial charge in [0.25, 0.3) is 23.6 Å². The Morgan fingerprint density at radius 3 is 1.26 bits per heavy atom. The van der Waals surface area contributed by atoms with E-state index in [-0.39, 0.29) is 23.1 Å². The van der Waals surface area contributed by atoms with Crippen molar-refractivity contribution < 1.29 is 19.2 Å². The van der Waals surface area contributed by atoms with Crippen LogP contribution in [0, 0.1) is 5.92 Å². The van der Waals surface area contributed by atoms with Crippen molar-refractivity contribution in [2.75, 3.05) is 5.01 Å². The lowest BCUT2D eigenvalue weighted by atomic mass is 9.85. The van der Waals surface area contributed by atoms with E-state index in [4.69, 9.17) is 0 Å². The molecule has 0 N–H and O–H groups in total. The van der Waals surface area contributed by atoms with Crippen molar-refractivity contribution in [3.8, 4) is 0 Å². The van der Waals surface area contributed by atoms with E-state index in [2.05, 4.69) is 0 Å². The fourth-order valence-corrected chi connectivity index (χ4v) is 5.25. The summed E-state index contributed by atoms with van der Waals surface area (Å²) in [6.07, 6.45) is 0. The molecule has 38 heavy (non-hydrogen) atoms. The number of imide groups is 2. The second-order valence-electron chi connectivity index (χ2n) is 9.94. The first-order valence-electron chi connectivity index (χ1n) is 12.6. The second kappa shape index (κ2) is 8.66. The van der Waals surface area contributed by atoms with Gasteiger partial charge in [0.2, 0.25) is 0 Å². The summed E-state index contributed by atoms with van der Waals surface area (Å²) in [5.74, 6) is -1.82. The van der Waals surface area contributed by atoms with E-state index in [1.54, 1.807) is 29.3 Å². The summed E-state index contributed by atoms with van der Waals surface area (Å²) in [7, 11) is 0. The molecule has 0 bridgehead atoms. The molecule has 1 unspecified atom stereocenters. The smallest absolute Gasteiger partial charge is 0.271 e. The highest BCUT2D eigenvalue weighted by Crippen LogP contribution is 2.40. The molecule has 4 aromatic rings. The Morgan fingerprint density at radius 1 is 0.526 bits per heavy atom. The molecule has 7 nitrogen and oxygen atoms in total. The molecule has 7 heteroatoms. The highest BCUT2D eigenvalue weighted by molar-refractivity contribution is 6.33. The first-order chi connectivity index (χ1) is 18.3. The first-order valence-corrected chi connectivity index (χ1v) is 12.6. The SMILES string of the molecule is CC(C)C(C)N1C(=O)c2ccc3c4c(ccc(c24)C1=O)C(=O)N(N(c1ccccc1)c1ccccc1)C3=O. The predicted molar refractivity (Wildman–Crippen MR) is 144 cm³/mol. The number of hydrazine groups is 1. The van der Waals surface area contributed by atoms with Crippen LogP contribution in [0.3, 0.4) is 0 Å². The molecule has 0 aromatic heterocycles. The van der Waals surface area contributed by atoms with Crippen LogP contribution in [-0.4, -0.2) is 39.6 Å². The Morgan fingerprint density at radius 2 is 0.895 bits per heavy atom. The molecule has 0 radical (unpaired) electrons. The second-order valence-corrected chi connectivity index (χ2v) is 9.94. The lowest BCUT2D eigenvalue weighted by Crippen LogP contribution is -2.51. The normalized spacial score (nSPS) is 15.5. The van der Waals surface area contributed by atoms with Gasteiger partial charge in [-0.25, -0.2) is 5.01 Å². The Balaban J connectivity index is 1.55. The molecule has 0 spiro atoms. The van der Waals surface area contributed by atoms with Crippen LogP contribution < -0.4 is 5.01 Å². The van der Waals surface area contributed by atoms with Crippen LogP contribution in [0.15, 0.2) is 84.9 Å². The van der Waals surface area contributed by atoms with Gasteiger partial charge in [-0.05, 0) is 61.4 Å². The summed E-state index contributed by atoms with van der Waals surface area (Å²) < 4.78 is 0. The van der Waals surface area contributed by atoms with Gasteiger partial charge < -0.3 is 0 Å². The van der Waals surface area contributed by atoms with E-state index in [0.717, 1.165) is 5.01 Å². The summed E-state index contributed by atoms with van der Waals surface area (Å²) in [4.78, 5) is 56.4. The maximum atomic E-state index is 14.0. The molecule has 1 atom stereocenters. The number of rotatable bonds is 5. The molecule has 6 rings (SSSR count). The topological polar surface area (TPSA) is 78.0 Å². The molecule has 0 fully saturated rings. The van der Waals surface area contributed by atoms with Crippen LogP contribution in [-0.2, 0) is 0 Å². The van der Waals surface area contributed by atoms with Crippen LogP contribution in [0.4, 0.5) is 11.4 Å². The van der Waals surface area contributed by atoms with Crippen molar-refractivity contribution in [3.63, 3.8) is 0 Å². The minimum absolute atomic E-state index is 0.0658. The van der Waals surface area contributed by atoms with Gasteiger partial charge in [-0.1, -0.05) is 50.2 Å². The molecule has 0 aliphatic carbocycles. The third kappa shape index (κ3) is 3.28. The number of carbonyl (C=O) groups is 4. The van der Waals surface area contributed by atoms with Gasteiger partial charge in [-0.2, -0.15) is 5.01 Å². The van der Waals surface area contributed by atoms with Gasteiger partial charge in [0.1, 0.15) is 0 Å². The van der Waals surface area contributed by atoms with Crippen molar-refractivity contribution in [1.29, 1.82) is 0 Å². The van der Waals surface area contributed by atoms with E-state index in [0.29, 0.717) is 33.3 Å². The number of carbonyl (C=O) groups excluding carboxylic acids is 4. The van der Waals surface area contributed by atoms with E-state index in [1.165, 1.54) is 4.90 Å². The zero-order valence-corrected chi connectivity index (χ0v) is 21.2. The van der Waals surface area contributed by atoms with Crippen LogP contribution in [0.2, 0.25) is 0 Å². The average molecular weight is 504 g/mol. The molecule has 4 aromatic carbocycles. The molecule has 0 saturated heterocycles. The van der Waals surface area contributed by atoms with Crippen LogP contribution in [0.1, 0.15) is 62.2 Å². The monoisotopic (exact) mass is 503 g/mol. The Kier molecular flexibility index (Phi) is 5.38. The van der Waals surface area contributed by atoms with Gasteiger partial charge >= 0.3 is 0 Å². The average Bonchev–Trinajstić information content (AvgIpc) is 2.93. The quantitative estimate of drug-likeness (QED) is 0.320. The molecule has 2 aliphatic rings. The minimum Gasteiger partial charge on any atom is -0.271 e. The predicted octanol–water partition coefficient (Wildman–Crippen LogP) is 5.83. The first kappa shape index (κ1) is 23.6. The summed E-state index contributed by atoms with van der Waals surface area (Å²) in [6.45, 7) is 5.76.